The Morgan fingerprint density at radius 3 is 2.50 bits per heavy atom. The maximum atomic E-state index is 11.2. The van der Waals surface area contributed by atoms with Gasteiger partial charge in [-0.05, 0) is 38.5 Å². The fraction of sp³-hybridized carbons (Fsp3) is 0.400. The van der Waals surface area contributed by atoms with Crippen LogP contribution in [0.25, 0.3) is 6.08 Å². The standard InChI is InChI=1S/C15H20O5/c1-10-8-13(20-15(2,3)14(17)18)11(6-5-7-16)9-12(10)19-4/h5-6,8-9,16H,7H2,1-4H3,(H,17,18)/b6-5+. The van der Waals surface area contributed by atoms with Crippen molar-refractivity contribution in [1.29, 1.82) is 0 Å². The van der Waals surface area contributed by atoms with Crippen LogP contribution in [0, 0.1) is 6.92 Å². The average molecular weight is 280 g/mol. The van der Waals surface area contributed by atoms with Gasteiger partial charge in [-0.1, -0.05) is 12.2 Å². The lowest BCUT2D eigenvalue weighted by molar-refractivity contribution is -0.152. The number of rotatable bonds is 6. The number of benzene rings is 1. The number of aliphatic hydroxyl groups is 1. The predicted octanol–water partition coefficient (Wildman–Crippen LogP) is 2.25. The minimum absolute atomic E-state index is 0.113. The Labute approximate surface area is 118 Å². The van der Waals surface area contributed by atoms with Gasteiger partial charge in [0, 0.05) is 5.56 Å². The van der Waals surface area contributed by atoms with E-state index < -0.39 is 11.6 Å². The highest BCUT2D eigenvalue weighted by Crippen LogP contribution is 2.31. The van der Waals surface area contributed by atoms with Gasteiger partial charge in [-0.3, -0.25) is 0 Å². The summed E-state index contributed by atoms with van der Waals surface area (Å²) in [6.07, 6.45) is 3.21. The summed E-state index contributed by atoms with van der Waals surface area (Å²) in [4.78, 5) is 11.2. The summed E-state index contributed by atoms with van der Waals surface area (Å²) >= 11 is 0. The molecule has 1 rings (SSSR count). The minimum Gasteiger partial charge on any atom is -0.496 e. The maximum Gasteiger partial charge on any atom is 0.347 e. The zero-order chi connectivity index (χ0) is 15.3. The number of ether oxygens (including phenoxy) is 2. The molecule has 1 aromatic carbocycles. The minimum atomic E-state index is -1.34. The second-order valence-electron chi connectivity index (χ2n) is 4.86. The first-order valence-electron chi connectivity index (χ1n) is 6.20. The van der Waals surface area contributed by atoms with Gasteiger partial charge in [0.15, 0.2) is 5.60 Å². The summed E-state index contributed by atoms with van der Waals surface area (Å²) in [7, 11) is 1.56. The zero-order valence-corrected chi connectivity index (χ0v) is 12.1. The monoisotopic (exact) mass is 280 g/mol. The molecule has 0 heterocycles. The fourth-order valence-corrected chi connectivity index (χ4v) is 1.61. The van der Waals surface area contributed by atoms with E-state index in [-0.39, 0.29) is 6.61 Å². The normalized spacial score (nSPS) is 11.7. The highest BCUT2D eigenvalue weighted by molar-refractivity contribution is 5.77. The number of carboxylic acid groups (broad SMARTS) is 1. The Morgan fingerprint density at radius 2 is 2.00 bits per heavy atom. The van der Waals surface area contributed by atoms with Crippen LogP contribution < -0.4 is 9.47 Å². The molecule has 1 aromatic rings. The van der Waals surface area contributed by atoms with Crippen LogP contribution in [0.4, 0.5) is 0 Å². The number of methoxy groups -OCH3 is 1. The summed E-state index contributed by atoms with van der Waals surface area (Å²) in [5, 5.41) is 18.0. The summed E-state index contributed by atoms with van der Waals surface area (Å²) in [6.45, 7) is 4.69. The summed E-state index contributed by atoms with van der Waals surface area (Å²) in [5.41, 5.74) is 0.142. The van der Waals surface area contributed by atoms with Gasteiger partial charge in [-0.15, -0.1) is 0 Å². The second kappa shape index (κ2) is 6.43. The van der Waals surface area contributed by atoms with Gasteiger partial charge in [-0.25, -0.2) is 4.79 Å². The molecule has 0 unspecified atom stereocenters. The number of hydrogen-bond acceptors (Lipinski definition) is 4. The van der Waals surface area contributed by atoms with E-state index in [2.05, 4.69) is 0 Å². The van der Waals surface area contributed by atoms with Gasteiger partial charge in [-0.2, -0.15) is 0 Å². The molecule has 110 valence electrons. The highest BCUT2D eigenvalue weighted by Gasteiger charge is 2.30. The Bertz CT molecular complexity index is 517. The second-order valence-corrected chi connectivity index (χ2v) is 4.86. The van der Waals surface area contributed by atoms with E-state index in [1.54, 1.807) is 31.4 Å². The van der Waals surface area contributed by atoms with Gasteiger partial charge in [0.25, 0.3) is 0 Å². The van der Waals surface area contributed by atoms with E-state index in [9.17, 15) is 4.79 Å². The van der Waals surface area contributed by atoms with Crippen LogP contribution in [0.3, 0.4) is 0 Å². The largest absolute Gasteiger partial charge is 0.496 e. The molecule has 0 aliphatic heterocycles. The fourth-order valence-electron chi connectivity index (χ4n) is 1.61. The van der Waals surface area contributed by atoms with E-state index in [1.165, 1.54) is 13.8 Å². The van der Waals surface area contributed by atoms with Crippen LogP contribution in [-0.4, -0.2) is 35.5 Å². The van der Waals surface area contributed by atoms with E-state index in [1.807, 2.05) is 6.92 Å². The van der Waals surface area contributed by atoms with Gasteiger partial charge < -0.3 is 19.7 Å². The van der Waals surface area contributed by atoms with Gasteiger partial charge in [0.2, 0.25) is 0 Å². The third kappa shape index (κ3) is 3.74. The number of hydrogen-bond donors (Lipinski definition) is 2. The molecule has 5 nitrogen and oxygen atoms in total. The number of aliphatic carboxylic acids is 1. The smallest absolute Gasteiger partial charge is 0.347 e. The highest BCUT2D eigenvalue weighted by atomic mass is 16.5. The molecule has 0 atom stereocenters. The van der Waals surface area contributed by atoms with Crippen molar-refractivity contribution in [3.05, 3.63) is 29.3 Å². The SMILES string of the molecule is COc1cc(/C=C/CO)c(OC(C)(C)C(=O)O)cc1C. The molecule has 0 bridgehead atoms. The number of aliphatic hydroxyl groups excluding tert-OH is 1. The van der Waals surface area contributed by atoms with Crippen molar-refractivity contribution in [2.24, 2.45) is 0 Å². The molecule has 0 radical (unpaired) electrons. The predicted molar refractivity (Wildman–Crippen MR) is 76.2 cm³/mol. The lowest BCUT2D eigenvalue weighted by Gasteiger charge is -2.23. The molecule has 20 heavy (non-hydrogen) atoms. The maximum absolute atomic E-state index is 11.2. The van der Waals surface area contributed by atoms with Crippen LogP contribution in [-0.2, 0) is 4.79 Å². The molecule has 0 aromatic heterocycles. The lowest BCUT2D eigenvalue weighted by atomic mass is 10.1. The number of carboxylic acids is 1. The van der Waals surface area contributed by atoms with Gasteiger partial charge in [0.05, 0.1) is 13.7 Å². The molecule has 5 heteroatoms. The number of aryl methyl sites for hydroxylation is 1. The molecule has 0 fully saturated rings. The molecule has 0 amide bonds. The Kier molecular flexibility index (Phi) is 5.16. The van der Waals surface area contributed by atoms with E-state index >= 15 is 0 Å². The van der Waals surface area contributed by atoms with E-state index in [4.69, 9.17) is 19.7 Å². The van der Waals surface area contributed by atoms with Crippen molar-refractivity contribution in [2.45, 2.75) is 26.4 Å². The average Bonchev–Trinajstić information content (AvgIpc) is 2.37. The summed E-state index contributed by atoms with van der Waals surface area (Å²) in [5.74, 6) is 0.0477. The Hall–Kier alpha value is -2.01. The first-order chi connectivity index (χ1) is 9.31. The number of carbonyl (C=O) groups is 1. The third-order valence-corrected chi connectivity index (χ3v) is 2.81. The van der Waals surface area contributed by atoms with Crippen molar-refractivity contribution in [3.63, 3.8) is 0 Å². The van der Waals surface area contributed by atoms with Gasteiger partial charge >= 0.3 is 5.97 Å². The van der Waals surface area contributed by atoms with E-state index in [0.717, 1.165) is 5.56 Å². The molecule has 2 N–H and O–H groups in total. The molecule has 0 aliphatic rings. The zero-order valence-electron chi connectivity index (χ0n) is 12.1. The van der Waals surface area contributed by atoms with E-state index in [0.29, 0.717) is 17.1 Å². The Morgan fingerprint density at radius 1 is 1.35 bits per heavy atom. The topological polar surface area (TPSA) is 76.0 Å². The molecule has 0 saturated carbocycles. The van der Waals surface area contributed by atoms with Crippen molar-refractivity contribution in [2.75, 3.05) is 13.7 Å². The Balaban J connectivity index is 3.26. The first kappa shape index (κ1) is 16.0. The summed E-state index contributed by atoms with van der Waals surface area (Å²) in [6, 6.07) is 3.47. The van der Waals surface area contributed by atoms with Crippen LogP contribution in [0.15, 0.2) is 18.2 Å². The van der Waals surface area contributed by atoms with Crippen molar-refractivity contribution >= 4 is 12.0 Å². The van der Waals surface area contributed by atoms with Crippen molar-refractivity contribution in [3.8, 4) is 11.5 Å². The molecule has 0 aliphatic carbocycles. The quantitative estimate of drug-likeness (QED) is 0.836. The molecule has 0 saturated heterocycles. The lowest BCUT2D eigenvalue weighted by Crippen LogP contribution is -2.38. The van der Waals surface area contributed by atoms with Crippen molar-refractivity contribution in [1.82, 2.24) is 0 Å². The molecular formula is C15H20O5. The van der Waals surface area contributed by atoms with Crippen molar-refractivity contribution < 1.29 is 24.5 Å². The van der Waals surface area contributed by atoms with Gasteiger partial charge in [0.1, 0.15) is 11.5 Å². The van der Waals surface area contributed by atoms with Crippen LogP contribution in [0.2, 0.25) is 0 Å². The molecular weight excluding hydrogens is 260 g/mol. The van der Waals surface area contributed by atoms with Crippen LogP contribution >= 0.6 is 0 Å². The molecule has 0 spiro atoms. The van der Waals surface area contributed by atoms with Crippen LogP contribution in [0.5, 0.6) is 11.5 Å². The third-order valence-electron chi connectivity index (χ3n) is 2.81. The van der Waals surface area contributed by atoms with Crippen LogP contribution in [0.1, 0.15) is 25.0 Å². The summed E-state index contributed by atoms with van der Waals surface area (Å²) < 4.78 is 10.8. The first-order valence-corrected chi connectivity index (χ1v) is 6.20.